The van der Waals surface area contributed by atoms with E-state index in [9.17, 15) is 4.79 Å². The third-order valence-corrected chi connectivity index (χ3v) is 7.78. The molecule has 1 aliphatic carbocycles. The second-order valence-corrected chi connectivity index (χ2v) is 9.90. The number of piperazine rings is 1. The standard InChI is InChI=1S/C25H26N4O3S/c1-16-24-19(12-18(13-20(24)30)23-3-2-10-33-23)27-25(26-16)29-8-6-28(7-9-29)14-17-4-5-21-22(11-17)32-15-31-21/h2-5,10-11,18H,6-9,12-15H2,1H3/t18-/m1/s1. The molecule has 170 valence electrons. The third kappa shape index (κ3) is 3.98. The van der Waals surface area contributed by atoms with Crippen molar-refractivity contribution in [2.24, 2.45) is 0 Å². The zero-order chi connectivity index (χ0) is 22.4. The summed E-state index contributed by atoms with van der Waals surface area (Å²) in [5, 5.41) is 2.08. The number of hydrogen-bond donors (Lipinski definition) is 0. The van der Waals surface area contributed by atoms with Crippen LogP contribution in [0, 0.1) is 6.92 Å². The first kappa shape index (κ1) is 20.6. The lowest BCUT2D eigenvalue weighted by molar-refractivity contribution is 0.0962. The molecular formula is C25H26N4O3S. The molecule has 0 spiro atoms. The predicted octanol–water partition coefficient (Wildman–Crippen LogP) is 3.81. The van der Waals surface area contributed by atoms with Crippen molar-refractivity contribution < 1.29 is 14.3 Å². The minimum Gasteiger partial charge on any atom is -0.454 e. The largest absolute Gasteiger partial charge is 0.454 e. The number of aryl methyl sites for hydroxylation is 1. The summed E-state index contributed by atoms with van der Waals surface area (Å²) in [4.78, 5) is 28.5. The highest BCUT2D eigenvalue weighted by Gasteiger charge is 2.31. The maximum atomic E-state index is 12.9. The summed E-state index contributed by atoms with van der Waals surface area (Å²) in [5.74, 6) is 2.81. The van der Waals surface area contributed by atoms with Crippen LogP contribution in [-0.2, 0) is 13.0 Å². The van der Waals surface area contributed by atoms with Crippen molar-refractivity contribution in [3.63, 3.8) is 0 Å². The van der Waals surface area contributed by atoms with Gasteiger partial charge in [-0.15, -0.1) is 11.3 Å². The number of aromatic nitrogens is 2. The average Bonchev–Trinajstić information content (AvgIpc) is 3.51. The Hall–Kier alpha value is -2.97. The van der Waals surface area contributed by atoms with Gasteiger partial charge in [-0.25, -0.2) is 9.97 Å². The van der Waals surface area contributed by atoms with Crippen LogP contribution in [0.4, 0.5) is 5.95 Å². The molecule has 0 radical (unpaired) electrons. The van der Waals surface area contributed by atoms with E-state index < -0.39 is 0 Å². The van der Waals surface area contributed by atoms with Crippen LogP contribution < -0.4 is 14.4 Å². The third-order valence-electron chi connectivity index (χ3n) is 6.75. The Morgan fingerprint density at radius 1 is 1.06 bits per heavy atom. The van der Waals surface area contributed by atoms with Crippen molar-refractivity contribution in [2.75, 3.05) is 37.9 Å². The summed E-state index contributed by atoms with van der Waals surface area (Å²) < 4.78 is 10.9. The number of nitrogens with zero attached hydrogens (tertiary/aromatic N) is 4. The van der Waals surface area contributed by atoms with Gasteiger partial charge in [-0.3, -0.25) is 9.69 Å². The first-order chi connectivity index (χ1) is 16.1. The van der Waals surface area contributed by atoms with Crippen molar-refractivity contribution in [1.29, 1.82) is 0 Å². The minimum absolute atomic E-state index is 0.173. The summed E-state index contributed by atoms with van der Waals surface area (Å²) in [6, 6.07) is 10.4. The maximum Gasteiger partial charge on any atom is 0.231 e. The molecule has 0 N–H and O–H groups in total. The first-order valence-electron chi connectivity index (χ1n) is 11.4. The van der Waals surface area contributed by atoms with E-state index in [1.807, 2.05) is 13.0 Å². The number of ketones is 1. The van der Waals surface area contributed by atoms with Crippen molar-refractivity contribution in [2.45, 2.75) is 32.2 Å². The monoisotopic (exact) mass is 462 g/mol. The fourth-order valence-corrected chi connectivity index (χ4v) is 5.86. The van der Waals surface area contributed by atoms with E-state index in [4.69, 9.17) is 19.4 Å². The summed E-state index contributed by atoms with van der Waals surface area (Å²) in [7, 11) is 0. The second kappa shape index (κ2) is 8.43. The quantitative estimate of drug-likeness (QED) is 0.584. The smallest absolute Gasteiger partial charge is 0.231 e. The molecular weight excluding hydrogens is 436 g/mol. The van der Waals surface area contributed by atoms with Crippen molar-refractivity contribution in [3.05, 3.63) is 63.1 Å². The highest BCUT2D eigenvalue weighted by Crippen LogP contribution is 2.36. The minimum atomic E-state index is 0.173. The van der Waals surface area contributed by atoms with Gasteiger partial charge in [0, 0.05) is 49.9 Å². The number of Topliss-reactive ketones (excluding diaryl/α,β-unsaturated/α-hetero) is 1. The van der Waals surface area contributed by atoms with Crippen LogP contribution in [-0.4, -0.2) is 53.6 Å². The SMILES string of the molecule is Cc1nc(N2CCN(Cc3ccc4c(c3)OCO4)CC2)nc2c1C(=O)C[C@H](c1cccs1)C2. The molecule has 3 aliphatic rings. The molecule has 33 heavy (non-hydrogen) atoms. The van der Waals surface area contributed by atoms with E-state index in [1.54, 1.807) is 11.3 Å². The van der Waals surface area contributed by atoms with Gasteiger partial charge in [-0.1, -0.05) is 12.1 Å². The zero-order valence-electron chi connectivity index (χ0n) is 18.6. The van der Waals surface area contributed by atoms with E-state index in [0.29, 0.717) is 13.2 Å². The Labute approximate surface area is 197 Å². The first-order valence-corrected chi connectivity index (χ1v) is 12.3. The fourth-order valence-electron chi connectivity index (χ4n) is 5.03. The van der Waals surface area contributed by atoms with Gasteiger partial charge < -0.3 is 14.4 Å². The molecule has 0 unspecified atom stereocenters. The van der Waals surface area contributed by atoms with E-state index in [2.05, 4.69) is 39.4 Å². The molecule has 4 heterocycles. The van der Waals surface area contributed by atoms with Crippen LogP contribution in [0.2, 0.25) is 0 Å². The number of thiophene rings is 1. The number of fused-ring (bicyclic) bond motifs is 2. The lowest BCUT2D eigenvalue weighted by Gasteiger charge is -2.35. The summed E-state index contributed by atoms with van der Waals surface area (Å²) in [6.07, 6.45) is 1.36. The number of carbonyl (C=O) groups excluding carboxylic acids is 1. The molecule has 0 saturated carbocycles. The highest BCUT2D eigenvalue weighted by molar-refractivity contribution is 7.10. The number of carbonyl (C=O) groups is 1. The highest BCUT2D eigenvalue weighted by atomic mass is 32.1. The van der Waals surface area contributed by atoms with Crippen LogP contribution in [0.25, 0.3) is 0 Å². The zero-order valence-corrected chi connectivity index (χ0v) is 19.4. The van der Waals surface area contributed by atoms with E-state index in [-0.39, 0.29) is 11.7 Å². The van der Waals surface area contributed by atoms with Gasteiger partial charge in [0.05, 0.1) is 17.0 Å². The number of rotatable bonds is 4. The molecule has 0 amide bonds. The van der Waals surface area contributed by atoms with Crippen LogP contribution in [0.3, 0.4) is 0 Å². The second-order valence-electron chi connectivity index (χ2n) is 8.93. The molecule has 7 nitrogen and oxygen atoms in total. The van der Waals surface area contributed by atoms with Crippen molar-refractivity contribution in [1.82, 2.24) is 14.9 Å². The lowest BCUT2D eigenvalue weighted by Crippen LogP contribution is -2.46. The Morgan fingerprint density at radius 3 is 2.73 bits per heavy atom. The van der Waals surface area contributed by atoms with Gasteiger partial charge in [0.1, 0.15) is 0 Å². The van der Waals surface area contributed by atoms with E-state index >= 15 is 0 Å². The molecule has 0 bridgehead atoms. The normalized spacial score (nSPS) is 20.2. The predicted molar refractivity (Wildman–Crippen MR) is 127 cm³/mol. The van der Waals surface area contributed by atoms with E-state index in [0.717, 1.165) is 73.5 Å². The van der Waals surface area contributed by atoms with Crippen LogP contribution in [0.1, 0.15) is 44.5 Å². The fraction of sp³-hybridized carbons (Fsp3) is 0.400. The van der Waals surface area contributed by atoms with Gasteiger partial charge in [0.15, 0.2) is 17.3 Å². The Kier molecular flexibility index (Phi) is 5.27. The number of anilines is 1. The molecule has 1 saturated heterocycles. The van der Waals surface area contributed by atoms with Gasteiger partial charge in [0.2, 0.25) is 12.7 Å². The molecule has 1 aromatic carbocycles. The summed E-state index contributed by atoms with van der Waals surface area (Å²) in [6.45, 7) is 6.73. The molecule has 1 fully saturated rings. The van der Waals surface area contributed by atoms with Gasteiger partial charge in [-0.2, -0.15) is 0 Å². The van der Waals surface area contributed by atoms with Crippen LogP contribution in [0.5, 0.6) is 11.5 Å². The van der Waals surface area contributed by atoms with Gasteiger partial charge >= 0.3 is 0 Å². The van der Waals surface area contributed by atoms with Crippen LogP contribution >= 0.6 is 11.3 Å². The molecule has 3 aromatic rings. The lowest BCUT2D eigenvalue weighted by atomic mass is 9.84. The molecule has 6 rings (SSSR count). The number of ether oxygens (including phenoxy) is 2. The summed E-state index contributed by atoms with van der Waals surface area (Å²) >= 11 is 1.72. The number of benzene rings is 1. The Bertz CT molecular complexity index is 1190. The topological polar surface area (TPSA) is 67.8 Å². The maximum absolute atomic E-state index is 12.9. The van der Waals surface area contributed by atoms with Crippen molar-refractivity contribution >= 4 is 23.1 Å². The average molecular weight is 463 g/mol. The Balaban J connectivity index is 1.15. The van der Waals surface area contributed by atoms with Gasteiger partial charge in [-0.05, 0) is 42.5 Å². The number of hydrogen-bond acceptors (Lipinski definition) is 8. The molecule has 2 aliphatic heterocycles. The molecule has 8 heteroatoms. The molecule has 2 aromatic heterocycles. The van der Waals surface area contributed by atoms with Gasteiger partial charge in [0.25, 0.3) is 0 Å². The van der Waals surface area contributed by atoms with E-state index in [1.165, 1.54) is 10.4 Å². The van der Waals surface area contributed by atoms with Crippen molar-refractivity contribution in [3.8, 4) is 11.5 Å². The Morgan fingerprint density at radius 2 is 1.91 bits per heavy atom. The molecule has 1 atom stereocenters. The summed E-state index contributed by atoms with van der Waals surface area (Å²) in [5.41, 5.74) is 3.70. The van der Waals surface area contributed by atoms with Crippen LogP contribution in [0.15, 0.2) is 35.7 Å².